The van der Waals surface area contributed by atoms with Crippen LogP contribution in [0.25, 0.3) is 0 Å². The Hall–Kier alpha value is -0.180. The fourth-order valence-electron chi connectivity index (χ4n) is 0.677. The molecule has 3 heteroatoms. The Morgan fingerprint density at radius 2 is 1.64 bits per heavy atom. The lowest BCUT2D eigenvalue weighted by molar-refractivity contribution is 0.737. The number of benzene rings is 1. The van der Waals surface area contributed by atoms with Gasteiger partial charge in [0.25, 0.3) is 0 Å². The monoisotopic (exact) mass is 231 g/mol. The van der Waals surface area contributed by atoms with E-state index in [4.69, 9.17) is 16.7 Å². The summed E-state index contributed by atoms with van der Waals surface area (Å²) in [5.41, 5.74) is 1.21. The lowest BCUT2D eigenvalue weighted by Crippen LogP contribution is -1.83. The molecular weight excluding hydrogens is 214 g/mol. The molecule has 0 saturated carbocycles. The molecule has 0 fully saturated rings. The van der Waals surface area contributed by atoms with Crippen LogP contribution >= 0.6 is 23.5 Å². The number of rotatable bonds is 2. The first-order valence-electron chi connectivity index (χ1n) is 4.62. The summed E-state index contributed by atoms with van der Waals surface area (Å²) >= 11 is 6.99. The summed E-state index contributed by atoms with van der Waals surface area (Å²) in [6.07, 6.45) is 0. The zero-order valence-electron chi connectivity index (χ0n) is 8.96. The molecule has 0 aliphatic rings. The summed E-state index contributed by atoms with van der Waals surface area (Å²) < 4.78 is 0. The van der Waals surface area contributed by atoms with Crippen molar-refractivity contribution in [1.29, 1.82) is 0 Å². The molecule has 0 amide bonds. The SMILES string of the molecule is CC(C)C.NSCc1ccc(Cl)cc1. The van der Waals surface area contributed by atoms with Crippen LogP contribution in [0.3, 0.4) is 0 Å². The molecule has 14 heavy (non-hydrogen) atoms. The van der Waals surface area contributed by atoms with Gasteiger partial charge in [0.1, 0.15) is 0 Å². The predicted molar refractivity (Wildman–Crippen MR) is 67.4 cm³/mol. The lowest BCUT2D eigenvalue weighted by atomic mass is 10.2. The first-order valence-corrected chi connectivity index (χ1v) is 6.05. The second kappa shape index (κ2) is 8.16. The second-order valence-electron chi connectivity index (χ2n) is 3.67. The van der Waals surface area contributed by atoms with Gasteiger partial charge in [-0.3, -0.25) is 5.14 Å². The summed E-state index contributed by atoms with van der Waals surface area (Å²) in [6, 6.07) is 7.69. The first kappa shape index (κ1) is 13.8. The molecule has 0 heterocycles. The highest BCUT2D eigenvalue weighted by molar-refractivity contribution is 7.96. The van der Waals surface area contributed by atoms with E-state index in [1.54, 1.807) is 0 Å². The van der Waals surface area contributed by atoms with Gasteiger partial charge in [-0.25, -0.2) is 0 Å². The minimum Gasteiger partial charge on any atom is -0.278 e. The molecule has 0 unspecified atom stereocenters. The number of nitrogens with two attached hydrogens (primary N) is 1. The summed E-state index contributed by atoms with van der Waals surface area (Å²) in [6.45, 7) is 6.50. The van der Waals surface area contributed by atoms with Crippen LogP contribution in [0.4, 0.5) is 0 Å². The average molecular weight is 232 g/mol. The molecule has 1 aromatic rings. The quantitative estimate of drug-likeness (QED) is 0.776. The summed E-state index contributed by atoms with van der Waals surface area (Å²) in [7, 11) is 0. The number of hydrogen-bond donors (Lipinski definition) is 1. The van der Waals surface area contributed by atoms with Crippen molar-refractivity contribution >= 4 is 23.5 Å². The van der Waals surface area contributed by atoms with E-state index < -0.39 is 0 Å². The fourth-order valence-corrected chi connectivity index (χ4v) is 1.19. The van der Waals surface area contributed by atoms with Crippen LogP contribution in [0.2, 0.25) is 5.02 Å². The van der Waals surface area contributed by atoms with E-state index in [2.05, 4.69) is 20.8 Å². The molecule has 0 saturated heterocycles. The van der Waals surface area contributed by atoms with Gasteiger partial charge in [0.05, 0.1) is 0 Å². The lowest BCUT2D eigenvalue weighted by Gasteiger charge is -1.95. The number of hydrogen-bond acceptors (Lipinski definition) is 2. The molecule has 0 bridgehead atoms. The Labute approximate surface area is 96.2 Å². The largest absolute Gasteiger partial charge is 0.278 e. The van der Waals surface area contributed by atoms with Crippen LogP contribution in [0.15, 0.2) is 24.3 Å². The minimum atomic E-state index is 0.769. The zero-order chi connectivity index (χ0) is 11.0. The smallest absolute Gasteiger partial charge is 0.0406 e. The van der Waals surface area contributed by atoms with Gasteiger partial charge in [0.2, 0.25) is 0 Å². The molecule has 0 aromatic heterocycles. The van der Waals surface area contributed by atoms with Crippen molar-refractivity contribution in [1.82, 2.24) is 0 Å². The normalized spacial score (nSPS) is 9.57. The van der Waals surface area contributed by atoms with E-state index in [-0.39, 0.29) is 0 Å². The van der Waals surface area contributed by atoms with Crippen molar-refractivity contribution in [3.63, 3.8) is 0 Å². The molecule has 80 valence electrons. The van der Waals surface area contributed by atoms with Gasteiger partial charge >= 0.3 is 0 Å². The van der Waals surface area contributed by atoms with E-state index in [0.717, 1.165) is 16.7 Å². The summed E-state index contributed by atoms with van der Waals surface area (Å²) in [5, 5.41) is 6.05. The summed E-state index contributed by atoms with van der Waals surface area (Å²) in [5.74, 6) is 1.68. The van der Waals surface area contributed by atoms with E-state index in [0.29, 0.717) is 0 Å². The van der Waals surface area contributed by atoms with Gasteiger partial charge in [0, 0.05) is 10.8 Å². The molecule has 0 atom stereocenters. The standard InChI is InChI=1S/C7H8ClNS.C4H10/c8-7-3-1-6(2-4-7)5-10-9;1-4(2)3/h1-4H,5,9H2;4H,1-3H3. The van der Waals surface area contributed by atoms with Gasteiger partial charge < -0.3 is 0 Å². The highest BCUT2D eigenvalue weighted by Gasteiger charge is 1.89. The molecule has 0 aliphatic carbocycles. The van der Waals surface area contributed by atoms with Gasteiger partial charge in [-0.1, -0.05) is 56.5 Å². The molecule has 0 aliphatic heterocycles. The Morgan fingerprint density at radius 3 is 2.00 bits per heavy atom. The molecule has 2 N–H and O–H groups in total. The molecule has 1 rings (SSSR count). The summed E-state index contributed by atoms with van der Waals surface area (Å²) in [4.78, 5) is 0. The third-order valence-electron chi connectivity index (χ3n) is 1.16. The van der Waals surface area contributed by atoms with Crippen molar-refractivity contribution in [2.24, 2.45) is 11.1 Å². The number of halogens is 1. The van der Waals surface area contributed by atoms with Crippen LogP contribution in [-0.2, 0) is 5.75 Å². The second-order valence-corrected chi connectivity index (χ2v) is 4.73. The maximum Gasteiger partial charge on any atom is 0.0406 e. The van der Waals surface area contributed by atoms with Crippen molar-refractivity contribution in [3.8, 4) is 0 Å². The van der Waals surface area contributed by atoms with E-state index in [1.807, 2.05) is 24.3 Å². The van der Waals surface area contributed by atoms with Crippen LogP contribution in [-0.4, -0.2) is 0 Å². The highest BCUT2D eigenvalue weighted by atomic mass is 35.5. The topological polar surface area (TPSA) is 26.0 Å². The van der Waals surface area contributed by atoms with Crippen LogP contribution in [0.1, 0.15) is 26.3 Å². The van der Waals surface area contributed by atoms with Crippen LogP contribution < -0.4 is 5.14 Å². The minimum absolute atomic E-state index is 0.769. The molecule has 0 spiro atoms. The predicted octanol–water partition coefficient (Wildman–Crippen LogP) is 4.11. The molecule has 0 radical (unpaired) electrons. The average Bonchev–Trinajstić information content (AvgIpc) is 2.08. The van der Waals surface area contributed by atoms with Gasteiger partial charge in [-0.15, -0.1) is 0 Å². The van der Waals surface area contributed by atoms with E-state index in [9.17, 15) is 0 Å². The Kier molecular flexibility index (Phi) is 8.05. The first-order chi connectivity index (χ1) is 6.56. The van der Waals surface area contributed by atoms with Gasteiger partial charge in [-0.2, -0.15) is 0 Å². The van der Waals surface area contributed by atoms with Crippen molar-refractivity contribution in [2.75, 3.05) is 0 Å². The molecule has 1 aromatic carbocycles. The maximum atomic E-state index is 5.67. The Morgan fingerprint density at radius 1 is 1.21 bits per heavy atom. The van der Waals surface area contributed by atoms with Crippen LogP contribution in [0, 0.1) is 5.92 Å². The van der Waals surface area contributed by atoms with Gasteiger partial charge in [-0.05, 0) is 23.6 Å². The zero-order valence-corrected chi connectivity index (χ0v) is 10.5. The van der Waals surface area contributed by atoms with E-state index in [1.165, 1.54) is 17.5 Å². The third kappa shape index (κ3) is 8.42. The Balaban J connectivity index is 0.000000364. The fraction of sp³-hybridized carbons (Fsp3) is 0.455. The maximum absolute atomic E-state index is 5.67. The van der Waals surface area contributed by atoms with E-state index >= 15 is 0 Å². The van der Waals surface area contributed by atoms with Crippen molar-refractivity contribution in [3.05, 3.63) is 34.9 Å². The van der Waals surface area contributed by atoms with Crippen molar-refractivity contribution < 1.29 is 0 Å². The van der Waals surface area contributed by atoms with Crippen LogP contribution in [0.5, 0.6) is 0 Å². The third-order valence-corrected chi connectivity index (χ3v) is 1.92. The Bertz CT molecular complexity index is 231. The highest BCUT2D eigenvalue weighted by Crippen LogP contribution is 2.11. The molecule has 1 nitrogen and oxygen atoms in total. The van der Waals surface area contributed by atoms with Crippen molar-refractivity contribution in [2.45, 2.75) is 26.5 Å². The molecular formula is C11H18ClNS. The van der Waals surface area contributed by atoms with Gasteiger partial charge in [0.15, 0.2) is 0 Å².